The highest BCUT2D eigenvalue weighted by atomic mass is 32.2. The van der Waals surface area contributed by atoms with Gasteiger partial charge in [-0.2, -0.15) is 8.42 Å². The summed E-state index contributed by atoms with van der Waals surface area (Å²) in [5.41, 5.74) is 5.17. The van der Waals surface area contributed by atoms with Crippen LogP contribution in [0.15, 0.2) is 13.2 Å². The number of hydrogen-bond acceptors (Lipinski definition) is 3. The molecule has 0 rings (SSSR count). The minimum absolute atomic E-state index is 0.146. The Bertz CT molecular complexity index is 177. The summed E-state index contributed by atoms with van der Waals surface area (Å²) < 4.78 is 28.5. The van der Waals surface area contributed by atoms with Gasteiger partial charge in [-0.1, -0.05) is 6.42 Å². The molecule has 0 aromatic rings. The molecule has 0 saturated carbocycles. The Labute approximate surface area is 74.2 Å². The summed E-state index contributed by atoms with van der Waals surface area (Å²) >= 11 is 0. The molecule has 0 radical (unpaired) electrons. The number of rotatable bonds is 5. The van der Waals surface area contributed by atoms with Crippen molar-refractivity contribution < 1.29 is 13.0 Å². The second kappa shape index (κ2) is 8.70. The quantitative estimate of drug-likeness (QED) is 0.386. The molecular weight excluding hydrogens is 178 g/mol. The fourth-order valence-electron chi connectivity index (χ4n) is 0.606. The summed E-state index contributed by atoms with van der Waals surface area (Å²) in [5, 5.41) is 0. The predicted molar refractivity (Wildman–Crippen MR) is 50.6 cm³/mol. The van der Waals surface area contributed by atoms with E-state index in [-0.39, 0.29) is 5.75 Å². The Balaban J connectivity index is 0. The maximum Gasteiger partial charge on any atom is 0.264 e. The second-order valence-corrected chi connectivity index (χ2v) is 3.71. The van der Waals surface area contributed by atoms with Gasteiger partial charge in [0, 0.05) is 0 Å². The van der Waals surface area contributed by atoms with E-state index in [1.807, 2.05) is 0 Å². The molecule has 0 spiro atoms. The van der Waals surface area contributed by atoms with Gasteiger partial charge in [0.1, 0.15) is 0 Å². The van der Waals surface area contributed by atoms with Crippen molar-refractivity contribution >= 4 is 10.1 Å². The van der Waals surface area contributed by atoms with Crippen molar-refractivity contribution in [2.45, 2.75) is 19.3 Å². The van der Waals surface area contributed by atoms with E-state index in [2.05, 4.69) is 13.2 Å². The molecule has 0 fully saturated rings. The van der Waals surface area contributed by atoms with Gasteiger partial charge >= 0.3 is 0 Å². The normalized spacial score (nSPS) is 10.2. The van der Waals surface area contributed by atoms with Crippen molar-refractivity contribution in [3.8, 4) is 0 Å². The fraction of sp³-hybridized carbons (Fsp3) is 0.714. The molecule has 12 heavy (non-hydrogen) atoms. The first-order chi connectivity index (χ1) is 5.56. The maximum absolute atomic E-state index is 10.1. The van der Waals surface area contributed by atoms with Crippen LogP contribution in [0, 0.1) is 0 Å². The van der Waals surface area contributed by atoms with Crippen LogP contribution >= 0.6 is 0 Å². The molecule has 4 nitrogen and oxygen atoms in total. The van der Waals surface area contributed by atoms with Crippen LogP contribution in [-0.4, -0.2) is 25.3 Å². The van der Waals surface area contributed by atoms with Crippen LogP contribution in [0.5, 0.6) is 0 Å². The van der Waals surface area contributed by atoms with Crippen molar-refractivity contribution in [1.82, 2.24) is 0 Å². The number of hydrogen-bond donors (Lipinski definition) is 2. The van der Waals surface area contributed by atoms with E-state index in [4.69, 9.17) is 10.3 Å². The minimum Gasteiger partial charge on any atom is -0.330 e. The van der Waals surface area contributed by atoms with Crippen LogP contribution in [0.2, 0.25) is 0 Å². The van der Waals surface area contributed by atoms with Crippen molar-refractivity contribution in [2.24, 2.45) is 5.73 Å². The summed E-state index contributed by atoms with van der Waals surface area (Å²) in [4.78, 5) is 0. The van der Waals surface area contributed by atoms with Crippen molar-refractivity contribution in [3.63, 3.8) is 0 Å². The number of unbranched alkanes of at least 4 members (excludes halogenated alkanes) is 2. The summed E-state index contributed by atoms with van der Waals surface area (Å²) in [7, 11) is -3.75. The Hall–Kier alpha value is -0.390. The smallest absolute Gasteiger partial charge is 0.264 e. The van der Waals surface area contributed by atoms with Crippen LogP contribution in [0.1, 0.15) is 19.3 Å². The summed E-state index contributed by atoms with van der Waals surface area (Å²) in [6.07, 6.45) is 2.07. The summed E-state index contributed by atoms with van der Waals surface area (Å²) in [6, 6.07) is 0. The van der Waals surface area contributed by atoms with Crippen molar-refractivity contribution in [2.75, 3.05) is 12.3 Å². The molecule has 0 bridgehead atoms. The molecule has 3 N–H and O–H groups in total. The molecule has 0 unspecified atom stereocenters. The van der Waals surface area contributed by atoms with Gasteiger partial charge in [-0.25, -0.2) is 0 Å². The van der Waals surface area contributed by atoms with Crippen LogP contribution < -0.4 is 5.73 Å². The van der Waals surface area contributed by atoms with Crippen LogP contribution in [0.3, 0.4) is 0 Å². The van der Waals surface area contributed by atoms with Gasteiger partial charge < -0.3 is 5.73 Å². The van der Waals surface area contributed by atoms with Crippen molar-refractivity contribution in [1.29, 1.82) is 0 Å². The Kier molecular flexibility index (Phi) is 10.3. The van der Waals surface area contributed by atoms with E-state index < -0.39 is 10.1 Å². The molecular formula is C7H17NO3S. The van der Waals surface area contributed by atoms with E-state index in [0.29, 0.717) is 13.0 Å². The molecule has 0 aliphatic rings. The lowest BCUT2D eigenvalue weighted by Crippen LogP contribution is -2.05. The van der Waals surface area contributed by atoms with Gasteiger partial charge in [0.2, 0.25) is 0 Å². The van der Waals surface area contributed by atoms with E-state index in [0.717, 1.165) is 12.8 Å². The third-order valence-electron chi connectivity index (χ3n) is 1.11. The Morgan fingerprint density at radius 3 is 2.00 bits per heavy atom. The topological polar surface area (TPSA) is 80.4 Å². The van der Waals surface area contributed by atoms with Gasteiger partial charge in [-0.05, 0) is 19.4 Å². The zero-order chi connectivity index (χ0) is 10.0. The monoisotopic (exact) mass is 195 g/mol. The zero-order valence-electron chi connectivity index (χ0n) is 7.20. The van der Waals surface area contributed by atoms with Gasteiger partial charge in [-0.15, -0.1) is 13.2 Å². The van der Waals surface area contributed by atoms with Crippen LogP contribution in [0.4, 0.5) is 0 Å². The van der Waals surface area contributed by atoms with E-state index in [1.54, 1.807) is 0 Å². The highest BCUT2D eigenvalue weighted by molar-refractivity contribution is 7.85. The van der Waals surface area contributed by atoms with Crippen LogP contribution in [0.25, 0.3) is 0 Å². The first kappa shape index (κ1) is 14.2. The fourth-order valence-corrected chi connectivity index (χ4v) is 1.17. The summed E-state index contributed by atoms with van der Waals surface area (Å²) in [6.45, 7) is 6.57. The minimum atomic E-state index is -3.75. The lowest BCUT2D eigenvalue weighted by Gasteiger charge is -1.95. The first-order valence-corrected chi connectivity index (χ1v) is 5.32. The first-order valence-electron chi connectivity index (χ1n) is 3.71. The van der Waals surface area contributed by atoms with E-state index >= 15 is 0 Å². The highest BCUT2D eigenvalue weighted by Gasteiger charge is 2.01. The summed E-state index contributed by atoms with van der Waals surface area (Å²) in [5.74, 6) is -0.146. The average Bonchev–Trinajstić information content (AvgIpc) is 2.01. The molecule has 0 amide bonds. The van der Waals surface area contributed by atoms with E-state index in [9.17, 15) is 8.42 Å². The molecule has 0 aromatic heterocycles. The standard InChI is InChI=1S/C5H13NO3S.C2H4/c6-4-2-1-3-5-10(7,8)9;1-2/h1-6H2,(H,7,8,9);1-2H2. The molecule has 5 heteroatoms. The van der Waals surface area contributed by atoms with Crippen molar-refractivity contribution in [3.05, 3.63) is 13.2 Å². The molecule has 0 aliphatic carbocycles. The molecule has 0 atom stereocenters. The third kappa shape index (κ3) is 16.3. The van der Waals surface area contributed by atoms with Gasteiger partial charge in [0.15, 0.2) is 0 Å². The lowest BCUT2D eigenvalue weighted by atomic mass is 10.2. The highest BCUT2D eigenvalue weighted by Crippen LogP contribution is 1.96. The Morgan fingerprint density at radius 2 is 1.67 bits per heavy atom. The third-order valence-corrected chi connectivity index (χ3v) is 1.91. The molecule has 74 valence electrons. The molecule has 0 heterocycles. The SMILES string of the molecule is C=C.NCCCCCS(=O)(=O)O. The van der Waals surface area contributed by atoms with Gasteiger partial charge in [-0.3, -0.25) is 4.55 Å². The predicted octanol–water partition coefficient (Wildman–Crippen LogP) is 0.805. The molecule has 0 aliphatic heterocycles. The number of nitrogens with two attached hydrogens (primary N) is 1. The second-order valence-electron chi connectivity index (χ2n) is 2.14. The van der Waals surface area contributed by atoms with Crippen LogP contribution in [-0.2, 0) is 10.1 Å². The average molecular weight is 195 g/mol. The van der Waals surface area contributed by atoms with E-state index in [1.165, 1.54) is 0 Å². The molecule has 0 aromatic carbocycles. The largest absolute Gasteiger partial charge is 0.330 e. The molecule has 0 saturated heterocycles. The Morgan fingerprint density at radius 1 is 1.17 bits per heavy atom. The van der Waals surface area contributed by atoms with Gasteiger partial charge in [0.25, 0.3) is 10.1 Å². The lowest BCUT2D eigenvalue weighted by molar-refractivity contribution is 0.479. The maximum atomic E-state index is 10.1. The van der Waals surface area contributed by atoms with Gasteiger partial charge in [0.05, 0.1) is 5.75 Å². The zero-order valence-corrected chi connectivity index (χ0v) is 8.02.